The third-order valence-electron chi connectivity index (χ3n) is 4.53. The van der Waals surface area contributed by atoms with E-state index in [2.05, 4.69) is 43.9 Å². The molecule has 2 unspecified atom stereocenters. The van der Waals surface area contributed by atoms with Crippen molar-refractivity contribution in [2.45, 2.75) is 44.1 Å². The molecule has 0 bridgehead atoms. The molecule has 0 radical (unpaired) electrons. The summed E-state index contributed by atoms with van der Waals surface area (Å²) in [6.07, 6.45) is 8.79. The molecule has 0 saturated carbocycles. The van der Waals surface area contributed by atoms with E-state index in [1.807, 2.05) is 6.20 Å². The molecule has 0 aromatic heterocycles. The monoisotopic (exact) mass is 307 g/mol. The van der Waals surface area contributed by atoms with Crippen molar-refractivity contribution in [2.75, 3.05) is 27.7 Å². The Morgan fingerprint density at radius 1 is 1.33 bits per heavy atom. The standard InChI is InChI=1S/C16H29N3OSi/c1-17(2)16(20)19-11-9-15(21(4,5)6)13(12-19)14-8-7-10-18(14)3/h9,11-12,14-15H,7-8,10H2,1-6H3. The van der Waals surface area contributed by atoms with Gasteiger partial charge >= 0.3 is 6.03 Å². The lowest BCUT2D eigenvalue weighted by Crippen LogP contribution is -2.41. The van der Waals surface area contributed by atoms with Gasteiger partial charge in [-0.25, -0.2) is 4.79 Å². The van der Waals surface area contributed by atoms with Crippen LogP contribution in [-0.2, 0) is 0 Å². The van der Waals surface area contributed by atoms with Gasteiger partial charge in [-0.1, -0.05) is 25.7 Å². The Hall–Kier alpha value is -1.07. The fraction of sp³-hybridized carbons (Fsp3) is 0.688. The van der Waals surface area contributed by atoms with Crippen LogP contribution in [0.1, 0.15) is 12.8 Å². The maximum atomic E-state index is 12.2. The van der Waals surface area contributed by atoms with E-state index in [4.69, 9.17) is 0 Å². The van der Waals surface area contributed by atoms with E-state index in [0.717, 1.165) is 6.54 Å². The zero-order chi connectivity index (χ0) is 15.8. The number of carbonyl (C=O) groups is 1. The van der Waals surface area contributed by atoms with Crippen LogP contribution in [0.4, 0.5) is 4.79 Å². The summed E-state index contributed by atoms with van der Waals surface area (Å²) in [5.74, 6) is 0. The van der Waals surface area contributed by atoms with Crippen molar-refractivity contribution in [3.05, 3.63) is 24.0 Å². The van der Waals surface area contributed by atoms with Crippen LogP contribution in [0.25, 0.3) is 0 Å². The van der Waals surface area contributed by atoms with E-state index in [0.29, 0.717) is 11.6 Å². The molecule has 0 spiro atoms. The molecular formula is C16H29N3OSi. The number of likely N-dealkylation sites (N-methyl/N-ethyl adjacent to an activating group) is 1. The number of rotatable bonds is 2. The minimum atomic E-state index is -1.34. The van der Waals surface area contributed by atoms with E-state index < -0.39 is 8.07 Å². The number of allylic oxidation sites excluding steroid dienone is 1. The summed E-state index contributed by atoms with van der Waals surface area (Å²) in [5.41, 5.74) is 1.96. The Balaban J connectivity index is 2.33. The van der Waals surface area contributed by atoms with E-state index in [1.54, 1.807) is 23.9 Å². The summed E-state index contributed by atoms with van der Waals surface area (Å²) in [7, 11) is 4.47. The van der Waals surface area contributed by atoms with Crippen LogP contribution in [0.15, 0.2) is 24.0 Å². The highest BCUT2D eigenvalue weighted by atomic mass is 28.3. The molecule has 2 atom stereocenters. The van der Waals surface area contributed by atoms with Crippen LogP contribution in [0.3, 0.4) is 0 Å². The van der Waals surface area contributed by atoms with Crippen molar-refractivity contribution in [3.63, 3.8) is 0 Å². The smallest absolute Gasteiger partial charge is 0.327 e. The SMILES string of the molecule is CN(C)C(=O)N1C=CC([Si](C)(C)C)C(C2CCCN2C)=C1. The first-order chi connectivity index (χ1) is 9.71. The number of urea groups is 1. The van der Waals surface area contributed by atoms with Crippen LogP contribution >= 0.6 is 0 Å². The van der Waals surface area contributed by atoms with E-state index >= 15 is 0 Å². The van der Waals surface area contributed by atoms with E-state index in [9.17, 15) is 4.79 Å². The molecule has 0 N–H and O–H groups in total. The second-order valence-electron chi connectivity index (χ2n) is 7.54. The molecule has 2 heterocycles. The first-order valence-corrected chi connectivity index (χ1v) is 11.4. The Morgan fingerprint density at radius 2 is 2.00 bits per heavy atom. The Morgan fingerprint density at radius 3 is 2.48 bits per heavy atom. The molecule has 1 saturated heterocycles. The number of hydrogen-bond donors (Lipinski definition) is 0. The van der Waals surface area contributed by atoms with Gasteiger partial charge in [0.2, 0.25) is 0 Å². The van der Waals surface area contributed by atoms with Crippen molar-refractivity contribution in [1.29, 1.82) is 0 Å². The number of hydrogen-bond acceptors (Lipinski definition) is 2. The number of nitrogens with zero attached hydrogens (tertiary/aromatic N) is 3. The number of amides is 2. The van der Waals surface area contributed by atoms with Gasteiger partial charge < -0.3 is 4.90 Å². The average molecular weight is 308 g/mol. The summed E-state index contributed by atoms with van der Waals surface area (Å²) in [6, 6.07) is 0.516. The fourth-order valence-corrected chi connectivity index (χ4v) is 5.27. The topological polar surface area (TPSA) is 26.8 Å². The van der Waals surface area contributed by atoms with Gasteiger partial charge in [0.25, 0.3) is 0 Å². The van der Waals surface area contributed by atoms with E-state index in [-0.39, 0.29) is 6.03 Å². The lowest BCUT2D eigenvalue weighted by atomic mass is 10.00. The molecule has 0 aromatic carbocycles. The van der Waals surface area contributed by atoms with Gasteiger partial charge in [-0.15, -0.1) is 0 Å². The lowest BCUT2D eigenvalue weighted by molar-refractivity contribution is 0.199. The maximum Gasteiger partial charge on any atom is 0.327 e. The normalized spacial score (nSPS) is 27.0. The summed E-state index contributed by atoms with van der Waals surface area (Å²) in [4.78, 5) is 18.1. The highest BCUT2D eigenvalue weighted by Crippen LogP contribution is 2.40. The molecule has 2 rings (SSSR count). The van der Waals surface area contributed by atoms with Gasteiger partial charge in [0.1, 0.15) is 0 Å². The molecule has 5 heteroatoms. The average Bonchev–Trinajstić information content (AvgIpc) is 2.82. The second kappa shape index (κ2) is 5.97. The van der Waals surface area contributed by atoms with E-state index in [1.165, 1.54) is 18.4 Å². The molecule has 21 heavy (non-hydrogen) atoms. The van der Waals surface area contributed by atoms with Gasteiger partial charge in [-0.2, -0.15) is 0 Å². The Kier molecular flexibility index (Phi) is 4.63. The highest BCUT2D eigenvalue weighted by molar-refractivity contribution is 6.78. The lowest BCUT2D eigenvalue weighted by Gasteiger charge is -2.38. The van der Waals surface area contributed by atoms with Crippen molar-refractivity contribution in [3.8, 4) is 0 Å². The Labute approximate surface area is 130 Å². The summed E-state index contributed by atoms with van der Waals surface area (Å²) in [5, 5.41) is 0. The van der Waals surface area contributed by atoms with Crippen LogP contribution in [0.5, 0.6) is 0 Å². The quantitative estimate of drug-likeness (QED) is 0.733. The van der Waals surface area contributed by atoms with Gasteiger partial charge in [0, 0.05) is 32.5 Å². The van der Waals surface area contributed by atoms with Crippen molar-refractivity contribution < 1.29 is 4.79 Å². The number of likely N-dealkylation sites (tertiary alicyclic amines) is 1. The molecule has 0 aromatic rings. The van der Waals surface area contributed by atoms with Crippen LogP contribution in [0.2, 0.25) is 25.2 Å². The largest absolute Gasteiger partial charge is 0.330 e. The van der Waals surface area contributed by atoms with Crippen molar-refractivity contribution >= 4 is 14.1 Å². The highest BCUT2D eigenvalue weighted by Gasteiger charge is 2.37. The van der Waals surface area contributed by atoms with Crippen molar-refractivity contribution in [1.82, 2.24) is 14.7 Å². The molecule has 2 aliphatic rings. The zero-order valence-electron chi connectivity index (χ0n) is 14.3. The third-order valence-corrected chi connectivity index (χ3v) is 6.92. The molecule has 2 aliphatic heterocycles. The maximum absolute atomic E-state index is 12.2. The van der Waals surface area contributed by atoms with Crippen LogP contribution in [-0.4, -0.2) is 62.5 Å². The summed E-state index contributed by atoms with van der Waals surface area (Å²) in [6.45, 7) is 8.39. The van der Waals surface area contributed by atoms with Gasteiger partial charge in [0.05, 0.1) is 8.07 Å². The predicted octanol–water partition coefficient (Wildman–Crippen LogP) is 3.18. The minimum Gasteiger partial charge on any atom is -0.330 e. The molecule has 0 aliphatic carbocycles. The number of carbonyl (C=O) groups excluding carboxylic acids is 1. The minimum absolute atomic E-state index is 0.0263. The first-order valence-electron chi connectivity index (χ1n) is 7.81. The fourth-order valence-electron chi connectivity index (χ4n) is 3.34. The van der Waals surface area contributed by atoms with Gasteiger partial charge in [0.15, 0.2) is 0 Å². The second-order valence-corrected chi connectivity index (χ2v) is 12.9. The van der Waals surface area contributed by atoms with Crippen LogP contribution < -0.4 is 0 Å². The zero-order valence-corrected chi connectivity index (χ0v) is 15.3. The first kappa shape index (κ1) is 16.3. The summed E-state index contributed by atoms with van der Waals surface area (Å²) < 4.78 is 0. The molecule has 1 fully saturated rings. The Bertz CT molecular complexity index is 465. The van der Waals surface area contributed by atoms with Crippen molar-refractivity contribution in [2.24, 2.45) is 0 Å². The van der Waals surface area contributed by atoms with Gasteiger partial charge in [-0.05, 0) is 37.5 Å². The molecular weight excluding hydrogens is 278 g/mol. The molecule has 118 valence electrons. The summed E-state index contributed by atoms with van der Waals surface area (Å²) >= 11 is 0. The predicted molar refractivity (Wildman–Crippen MR) is 90.9 cm³/mol. The third kappa shape index (κ3) is 3.40. The molecule has 4 nitrogen and oxygen atoms in total. The van der Waals surface area contributed by atoms with Gasteiger partial charge in [-0.3, -0.25) is 9.80 Å². The van der Waals surface area contributed by atoms with Crippen LogP contribution in [0, 0.1) is 0 Å². The molecule has 2 amide bonds.